The number of β-lactam (4-membered cyclic amide) rings is 1. The number of hydrogen-bond acceptors (Lipinski definition) is 1. The van der Waals surface area contributed by atoms with Crippen molar-refractivity contribution in [3.63, 3.8) is 0 Å². The molecule has 1 aliphatic rings. The zero-order chi connectivity index (χ0) is 10.7. The van der Waals surface area contributed by atoms with Crippen molar-refractivity contribution < 1.29 is 4.79 Å². The molecule has 1 heterocycles. The Morgan fingerprint density at radius 2 is 2.07 bits per heavy atom. The first-order valence-corrected chi connectivity index (χ1v) is 5.64. The Morgan fingerprint density at radius 1 is 1.33 bits per heavy atom. The minimum atomic E-state index is 0.303. The highest BCUT2D eigenvalue weighted by Crippen LogP contribution is 2.25. The lowest BCUT2D eigenvalue weighted by atomic mass is 9.96. The lowest BCUT2D eigenvalue weighted by molar-refractivity contribution is -0.147. The highest BCUT2D eigenvalue weighted by atomic mass is 16.2. The van der Waals surface area contributed by atoms with E-state index in [2.05, 4.69) is 19.1 Å². The van der Waals surface area contributed by atoms with Crippen LogP contribution in [0.3, 0.4) is 0 Å². The summed E-state index contributed by atoms with van der Waals surface area (Å²) in [6.45, 7) is 2.95. The van der Waals surface area contributed by atoms with Crippen LogP contribution < -0.4 is 0 Å². The molecule has 1 atom stereocenters. The first-order chi connectivity index (χ1) is 7.31. The molecule has 1 aromatic rings. The number of hydrogen-bond donors (Lipinski definition) is 0. The zero-order valence-corrected chi connectivity index (χ0v) is 9.15. The van der Waals surface area contributed by atoms with Crippen LogP contribution in [-0.4, -0.2) is 16.8 Å². The summed E-state index contributed by atoms with van der Waals surface area (Å²) < 4.78 is 0. The minimum absolute atomic E-state index is 0.303. The number of nitrogens with zero attached hydrogens (tertiary/aromatic N) is 1. The van der Waals surface area contributed by atoms with Gasteiger partial charge in [0.25, 0.3) is 0 Å². The summed E-state index contributed by atoms with van der Waals surface area (Å²) in [5.41, 5.74) is 1.23. The molecule has 1 aliphatic heterocycles. The van der Waals surface area contributed by atoms with Crippen LogP contribution >= 0.6 is 0 Å². The van der Waals surface area contributed by atoms with E-state index in [0.29, 0.717) is 11.9 Å². The van der Waals surface area contributed by atoms with Crippen LogP contribution in [0.4, 0.5) is 0 Å². The van der Waals surface area contributed by atoms with Crippen molar-refractivity contribution >= 4 is 5.91 Å². The van der Waals surface area contributed by atoms with Gasteiger partial charge < -0.3 is 4.90 Å². The molecule has 80 valence electrons. The summed E-state index contributed by atoms with van der Waals surface area (Å²) in [5, 5.41) is 0. The van der Waals surface area contributed by atoms with Crippen molar-refractivity contribution in [3.05, 3.63) is 35.9 Å². The number of likely N-dealkylation sites (tertiary alicyclic amines) is 1. The van der Waals surface area contributed by atoms with Gasteiger partial charge in [0.15, 0.2) is 0 Å². The second kappa shape index (κ2) is 4.47. The Hall–Kier alpha value is -1.31. The van der Waals surface area contributed by atoms with E-state index in [-0.39, 0.29) is 0 Å². The summed E-state index contributed by atoms with van der Waals surface area (Å²) in [4.78, 5) is 13.4. The maximum atomic E-state index is 11.4. The molecule has 0 bridgehead atoms. The van der Waals surface area contributed by atoms with Gasteiger partial charge in [-0.2, -0.15) is 0 Å². The average Bonchev–Trinajstić information content (AvgIpc) is 2.27. The van der Waals surface area contributed by atoms with Crippen molar-refractivity contribution in [3.8, 4) is 0 Å². The molecule has 0 N–H and O–H groups in total. The third-order valence-corrected chi connectivity index (χ3v) is 2.99. The molecule has 0 aliphatic carbocycles. The van der Waals surface area contributed by atoms with Crippen LogP contribution in [0.5, 0.6) is 0 Å². The fraction of sp³-hybridized carbons (Fsp3) is 0.462. The third kappa shape index (κ3) is 2.20. The lowest BCUT2D eigenvalue weighted by Crippen LogP contribution is -2.51. The van der Waals surface area contributed by atoms with Gasteiger partial charge in [-0.05, 0) is 12.0 Å². The van der Waals surface area contributed by atoms with Crippen LogP contribution in [0.2, 0.25) is 0 Å². The minimum Gasteiger partial charge on any atom is -0.335 e. The van der Waals surface area contributed by atoms with Gasteiger partial charge >= 0.3 is 0 Å². The molecule has 1 saturated heterocycles. The Balaban J connectivity index is 1.96. The first kappa shape index (κ1) is 10.2. The Kier molecular flexibility index (Phi) is 3.05. The SMILES string of the molecule is CCCC1CC(=O)N1Cc1ccccc1. The molecular weight excluding hydrogens is 186 g/mol. The molecular formula is C13H17NO. The van der Waals surface area contributed by atoms with E-state index in [1.165, 1.54) is 5.56 Å². The Bertz CT molecular complexity index is 334. The molecule has 0 radical (unpaired) electrons. The molecule has 2 heteroatoms. The maximum absolute atomic E-state index is 11.4. The van der Waals surface area contributed by atoms with Gasteiger partial charge in [-0.3, -0.25) is 4.79 Å². The highest BCUT2D eigenvalue weighted by molar-refractivity contribution is 5.83. The maximum Gasteiger partial charge on any atom is 0.225 e. The second-order valence-corrected chi connectivity index (χ2v) is 4.15. The third-order valence-electron chi connectivity index (χ3n) is 2.99. The fourth-order valence-electron chi connectivity index (χ4n) is 2.11. The molecule has 1 unspecified atom stereocenters. The predicted octanol–water partition coefficient (Wildman–Crippen LogP) is 2.59. The van der Waals surface area contributed by atoms with Crippen molar-refractivity contribution in [2.45, 2.75) is 38.8 Å². The normalized spacial score (nSPS) is 20.2. The van der Waals surface area contributed by atoms with Crippen LogP contribution in [0, 0.1) is 0 Å². The molecule has 15 heavy (non-hydrogen) atoms. The number of rotatable bonds is 4. The first-order valence-electron chi connectivity index (χ1n) is 5.64. The largest absolute Gasteiger partial charge is 0.335 e. The van der Waals surface area contributed by atoms with Crippen molar-refractivity contribution in [2.24, 2.45) is 0 Å². The number of carbonyl (C=O) groups excluding carboxylic acids is 1. The summed E-state index contributed by atoms with van der Waals surface area (Å²) in [6, 6.07) is 10.7. The molecule has 1 fully saturated rings. The molecule has 2 rings (SSSR count). The van der Waals surface area contributed by atoms with Crippen LogP contribution in [0.25, 0.3) is 0 Å². The summed E-state index contributed by atoms with van der Waals surface area (Å²) in [7, 11) is 0. The lowest BCUT2D eigenvalue weighted by Gasteiger charge is -2.40. The van der Waals surface area contributed by atoms with Crippen molar-refractivity contribution in [1.82, 2.24) is 4.90 Å². The standard InChI is InChI=1S/C13H17NO/c1-2-6-12-9-13(15)14(12)10-11-7-4-3-5-8-11/h3-5,7-8,12H,2,6,9-10H2,1H3. The van der Waals surface area contributed by atoms with Crippen molar-refractivity contribution in [1.29, 1.82) is 0 Å². The fourth-order valence-corrected chi connectivity index (χ4v) is 2.11. The number of benzene rings is 1. The average molecular weight is 203 g/mol. The zero-order valence-electron chi connectivity index (χ0n) is 9.15. The van der Waals surface area contributed by atoms with Crippen LogP contribution in [-0.2, 0) is 11.3 Å². The molecule has 1 amide bonds. The van der Waals surface area contributed by atoms with Crippen molar-refractivity contribution in [2.75, 3.05) is 0 Å². The van der Waals surface area contributed by atoms with E-state index in [0.717, 1.165) is 25.8 Å². The molecule has 1 aromatic carbocycles. The monoisotopic (exact) mass is 203 g/mol. The summed E-state index contributed by atoms with van der Waals surface area (Å²) in [6.07, 6.45) is 3.04. The van der Waals surface area contributed by atoms with Crippen LogP contribution in [0.15, 0.2) is 30.3 Å². The Morgan fingerprint density at radius 3 is 2.67 bits per heavy atom. The molecule has 2 nitrogen and oxygen atoms in total. The topological polar surface area (TPSA) is 20.3 Å². The highest BCUT2D eigenvalue weighted by Gasteiger charge is 2.34. The number of carbonyl (C=O) groups is 1. The van der Waals surface area contributed by atoms with E-state index < -0.39 is 0 Å². The summed E-state index contributed by atoms with van der Waals surface area (Å²) >= 11 is 0. The van der Waals surface area contributed by atoms with Gasteiger partial charge in [0.1, 0.15) is 0 Å². The van der Waals surface area contributed by atoms with Gasteiger partial charge in [0.2, 0.25) is 5.91 Å². The Labute approximate surface area is 90.9 Å². The molecule has 0 saturated carbocycles. The van der Waals surface area contributed by atoms with Gasteiger partial charge in [-0.15, -0.1) is 0 Å². The second-order valence-electron chi connectivity index (χ2n) is 4.15. The van der Waals surface area contributed by atoms with E-state index in [4.69, 9.17) is 0 Å². The van der Waals surface area contributed by atoms with Gasteiger partial charge in [-0.25, -0.2) is 0 Å². The predicted molar refractivity (Wildman–Crippen MR) is 60.3 cm³/mol. The molecule has 0 aromatic heterocycles. The van der Waals surface area contributed by atoms with E-state index in [9.17, 15) is 4.79 Å². The van der Waals surface area contributed by atoms with E-state index in [1.807, 2.05) is 23.1 Å². The van der Waals surface area contributed by atoms with Gasteiger partial charge in [-0.1, -0.05) is 43.7 Å². The van der Waals surface area contributed by atoms with Gasteiger partial charge in [0.05, 0.1) is 0 Å². The number of amides is 1. The quantitative estimate of drug-likeness (QED) is 0.689. The van der Waals surface area contributed by atoms with E-state index >= 15 is 0 Å². The van der Waals surface area contributed by atoms with Gasteiger partial charge in [0, 0.05) is 19.0 Å². The summed E-state index contributed by atoms with van der Waals surface area (Å²) in [5.74, 6) is 0.303. The van der Waals surface area contributed by atoms with E-state index in [1.54, 1.807) is 0 Å². The smallest absolute Gasteiger partial charge is 0.225 e. The molecule has 0 spiro atoms. The van der Waals surface area contributed by atoms with Crippen LogP contribution in [0.1, 0.15) is 31.7 Å².